The topological polar surface area (TPSA) is 61.0 Å². The second-order valence-corrected chi connectivity index (χ2v) is 5.64. The third-order valence-corrected chi connectivity index (χ3v) is 4.22. The van der Waals surface area contributed by atoms with E-state index in [0.717, 1.165) is 22.6 Å². The van der Waals surface area contributed by atoms with Gasteiger partial charge in [0, 0.05) is 11.1 Å². The molecule has 0 spiro atoms. The van der Waals surface area contributed by atoms with E-state index in [9.17, 15) is 0 Å². The maximum absolute atomic E-state index is 5.96. The predicted molar refractivity (Wildman–Crippen MR) is 82.4 cm³/mol. The fourth-order valence-electron chi connectivity index (χ4n) is 1.97. The number of aryl methyl sites for hydroxylation is 3. The summed E-state index contributed by atoms with van der Waals surface area (Å²) < 4.78 is 5.37. The summed E-state index contributed by atoms with van der Waals surface area (Å²) in [6, 6.07) is 4.21. The molecular weight excluding hydrogens is 270 g/mol. The molecular formula is C15H19N3OS. The first-order valence-electron chi connectivity index (χ1n) is 6.49. The van der Waals surface area contributed by atoms with Crippen LogP contribution in [0.15, 0.2) is 28.1 Å². The summed E-state index contributed by atoms with van der Waals surface area (Å²) in [4.78, 5) is 10.5. The Morgan fingerprint density at radius 2 is 2.00 bits per heavy atom. The number of hydrogen-bond donors (Lipinski definition) is 1. The molecule has 0 fully saturated rings. The fraction of sp³-hybridized carbons (Fsp3) is 0.333. The van der Waals surface area contributed by atoms with Crippen molar-refractivity contribution < 1.29 is 4.74 Å². The normalized spacial score (nSPS) is 10.6. The zero-order valence-electron chi connectivity index (χ0n) is 12.2. The quantitative estimate of drug-likeness (QED) is 0.934. The second kappa shape index (κ2) is 6.13. The summed E-state index contributed by atoms with van der Waals surface area (Å²) in [5.41, 5.74) is 8.30. The molecule has 0 saturated heterocycles. The minimum absolute atomic E-state index is 0.526. The van der Waals surface area contributed by atoms with Gasteiger partial charge in [-0.15, -0.1) is 0 Å². The highest BCUT2D eigenvalue weighted by molar-refractivity contribution is 7.99. The van der Waals surface area contributed by atoms with Crippen LogP contribution in [0.3, 0.4) is 0 Å². The van der Waals surface area contributed by atoms with Crippen molar-refractivity contribution in [2.24, 2.45) is 0 Å². The minimum atomic E-state index is 0.526. The lowest BCUT2D eigenvalue weighted by atomic mass is 10.1. The first-order valence-corrected chi connectivity index (χ1v) is 7.31. The molecule has 0 bridgehead atoms. The fourth-order valence-corrected chi connectivity index (χ4v) is 3.03. The Labute approximate surface area is 123 Å². The van der Waals surface area contributed by atoms with E-state index < -0.39 is 0 Å². The van der Waals surface area contributed by atoms with Gasteiger partial charge in [-0.25, -0.2) is 9.97 Å². The van der Waals surface area contributed by atoms with Gasteiger partial charge < -0.3 is 10.5 Å². The Bertz CT molecular complexity index is 629. The number of methoxy groups -OCH3 is 1. The number of nitrogen functional groups attached to an aromatic ring is 1. The van der Waals surface area contributed by atoms with Crippen LogP contribution in [0.4, 0.5) is 5.82 Å². The highest BCUT2D eigenvalue weighted by Crippen LogP contribution is 2.36. The highest BCUT2D eigenvalue weighted by Gasteiger charge is 2.11. The molecule has 2 N–H and O–H groups in total. The SMILES string of the molecule is CCc1cc(OC)c(C)cc1Sc1cnc(C)nc1N. The first-order chi connectivity index (χ1) is 9.55. The molecule has 1 heterocycles. The molecule has 0 amide bonds. The van der Waals surface area contributed by atoms with E-state index in [1.165, 1.54) is 10.5 Å². The van der Waals surface area contributed by atoms with E-state index in [0.29, 0.717) is 11.6 Å². The first kappa shape index (κ1) is 14.7. The van der Waals surface area contributed by atoms with Crippen molar-refractivity contribution in [1.82, 2.24) is 9.97 Å². The lowest BCUT2D eigenvalue weighted by Gasteiger charge is -2.13. The summed E-state index contributed by atoms with van der Waals surface area (Å²) in [6.45, 7) is 6.00. The summed E-state index contributed by atoms with van der Waals surface area (Å²) in [5, 5.41) is 0. The van der Waals surface area contributed by atoms with Crippen LogP contribution in [0.1, 0.15) is 23.9 Å². The van der Waals surface area contributed by atoms with Crippen molar-refractivity contribution >= 4 is 17.6 Å². The smallest absolute Gasteiger partial charge is 0.141 e. The molecule has 20 heavy (non-hydrogen) atoms. The third-order valence-electron chi connectivity index (χ3n) is 3.08. The molecule has 0 unspecified atom stereocenters. The number of hydrogen-bond acceptors (Lipinski definition) is 5. The highest BCUT2D eigenvalue weighted by atomic mass is 32.2. The molecule has 0 saturated carbocycles. The maximum atomic E-state index is 5.96. The van der Waals surface area contributed by atoms with Crippen molar-refractivity contribution in [2.75, 3.05) is 12.8 Å². The third kappa shape index (κ3) is 3.04. The van der Waals surface area contributed by atoms with Crippen LogP contribution in [0.2, 0.25) is 0 Å². The average Bonchev–Trinajstić information content (AvgIpc) is 2.42. The van der Waals surface area contributed by atoms with Crippen LogP contribution in [-0.4, -0.2) is 17.1 Å². The lowest BCUT2D eigenvalue weighted by Crippen LogP contribution is -1.98. The summed E-state index contributed by atoms with van der Waals surface area (Å²) in [7, 11) is 1.69. The Kier molecular flexibility index (Phi) is 4.49. The molecule has 0 aliphatic rings. The standard InChI is InChI=1S/C15H19N3OS/c1-5-11-7-12(19-4)9(2)6-13(11)20-14-8-17-10(3)18-15(14)16/h6-8H,5H2,1-4H3,(H2,16,17,18). The van der Waals surface area contributed by atoms with E-state index in [-0.39, 0.29) is 0 Å². The van der Waals surface area contributed by atoms with Crippen molar-refractivity contribution in [2.45, 2.75) is 37.0 Å². The summed E-state index contributed by atoms with van der Waals surface area (Å²) in [5.74, 6) is 2.13. The molecule has 106 valence electrons. The van der Waals surface area contributed by atoms with Gasteiger partial charge in [0.05, 0.1) is 12.0 Å². The monoisotopic (exact) mass is 289 g/mol. The zero-order valence-corrected chi connectivity index (χ0v) is 13.0. The Hall–Kier alpha value is -1.75. The van der Waals surface area contributed by atoms with E-state index >= 15 is 0 Å². The number of nitrogens with zero attached hydrogens (tertiary/aromatic N) is 2. The number of benzene rings is 1. The molecule has 4 nitrogen and oxygen atoms in total. The average molecular weight is 289 g/mol. The van der Waals surface area contributed by atoms with Gasteiger partial charge in [0.1, 0.15) is 17.4 Å². The molecule has 2 rings (SSSR count). The number of rotatable bonds is 4. The molecule has 0 radical (unpaired) electrons. The molecule has 5 heteroatoms. The van der Waals surface area contributed by atoms with Gasteiger partial charge >= 0.3 is 0 Å². The number of aromatic nitrogens is 2. The summed E-state index contributed by atoms with van der Waals surface area (Å²) in [6.07, 6.45) is 2.72. The number of anilines is 1. The van der Waals surface area contributed by atoms with Gasteiger partial charge in [-0.05, 0) is 43.5 Å². The van der Waals surface area contributed by atoms with Crippen LogP contribution in [0.25, 0.3) is 0 Å². The van der Waals surface area contributed by atoms with Crippen molar-refractivity contribution in [3.63, 3.8) is 0 Å². The van der Waals surface area contributed by atoms with Crippen LogP contribution in [0.5, 0.6) is 5.75 Å². The van der Waals surface area contributed by atoms with Gasteiger partial charge in [0.15, 0.2) is 0 Å². The Morgan fingerprint density at radius 1 is 1.25 bits per heavy atom. The van der Waals surface area contributed by atoms with Gasteiger partial charge in [-0.2, -0.15) is 0 Å². The van der Waals surface area contributed by atoms with Crippen LogP contribution in [-0.2, 0) is 6.42 Å². The molecule has 1 aromatic carbocycles. The molecule has 2 aromatic rings. The van der Waals surface area contributed by atoms with E-state index in [1.54, 1.807) is 25.1 Å². The van der Waals surface area contributed by atoms with Crippen molar-refractivity contribution in [3.05, 3.63) is 35.3 Å². The van der Waals surface area contributed by atoms with Crippen LogP contribution < -0.4 is 10.5 Å². The van der Waals surface area contributed by atoms with E-state index in [1.807, 2.05) is 13.8 Å². The van der Waals surface area contributed by atoms with Gasteiger partial charge in [-0.3, -0.25) is 0 Å². The Morgan fingerprint density at radius 3 is 2.60 bits per heavy atom. The van der Waals surface area contributed by atoms with Crippen LogP contribution in [0, 0.1) is 13.8 Å². The van der Waals surface area contributed by atoms with Crippen molar-refractivity contribution in [1.29, 1.82) is 0 Å². The van der Waals surface area contributed by atoms with Crippen LogP contribution >= 0.6 is 11.8 Å². The van der Waals surface area contributed by atoms with Gasteiger partial charge in [-0.1, -0.05) is 18.7 Å². The predicted octanol–water partition coefficient (Wildman–Crippen LogP) is 3.40. The molecule has 0 aliphatic carbocycles. The van der Waals surface area contributed by atoms with Gasteiger partial charge in [0.25, 0.3) is 0 Å². The number of nitrogens with two attached hydrogens (primary N) is 1. The molecule has 0 atom stereocenters. The molecule has 1 aromatic heterocycles. The van der Waals surface area contributed by atoms with E-state index in [2.05, 4.69) is 29.0 Å². The largest absolute Gasteiger partial charge is 0.496 e. The van der Waals surface area contributed by atoms with E-state index in [4.69, 9.17) is 10.5 Å². The number of ether oxygens (including phenoxy) is 1. The minimum Gasteiger partial charge on any atom is -0.496 e. The summed E-state index contributed by atoms with van der Waals surface area (Å²) >= 11 is 1.60. The zero-order chi connectivity index (χ0) is 14.7. The lowest BCUT2D eigenvalue weighted by molar-refractivity contribution is 0.410. The maximum Gasteiger partial charge on any atom is 0.141 e. The van der Waals surface area contributed by atoms with Crippen molar-refractivity contribution in [3.8, 4) is 5.75 Å². The molecule has 0 aliphatic heterocycles. The van der Waals surface area contributed by atoms with Gasteiger partial charge in [0.2, 0.25) is 0 Å². The Balaban J connectivity index is 2.40. The second-order valence-electron chi connectivity index (χ2n) is 4.55.